The zero-order valence-electron chi connectivity index (χ0n) is 14.4. The van der Waals surface area contributed by atoms with Crippen LogP contribution in [0, 0.1) is 0 Å². The predicted molar refractivity (Wildman–Crippen MR) is 97.8 cm³/mol. The van der Waals surface area contributed by atoms with Crippen molar-refractivity contribution in [3.8, 4) is 11.1 Å². The molecule has 8 heteroatoms. The molecule has 0 spiro atoms. The van der Waals surface area contributed by atoms with Gasteiger partial charge < -0.3 is 0 Å². The second-order valence-electron chi connectivity index (χ2n) is 6.31. The van der Waals surface area contributed by atoms with Crippen molar-refractivity contribution in [3.63, 3.8) is 0 Å². The first-order valence-electron chi connectivity index (χ1n) is 8.48. The third-order valence-electron chi connectivity index (χ3n) is 4.48. The quantitative estimate of drug-likeness (QED) is 0.454. The molecule has 3 rings (SSSR count). The minimum Gasteiger partial charge on any atom is -0.289 e. The van der Waals surface area contributed by atoms with Gasteiger partial charge in [0.2, 0.25) is 0 Å². The first-order chi connectivity index (χ1) is 12.9. The Labute approximate surface area is 159 Å². The van der Waals surface area contributed by atoms with E-state index in [0.29, 0.717) is 18.5 Å². The monoisotopic (exact) mass is 396 g/mol. The Morgan fingerprint density at radius 1 is 1.11 bits per heavy atom. The van der Waals surface area contributed by atoms with Crippen LogP contribution in [0.15, 0.2) is 48.5 Å². The van der Waals surface area contributed by atoms with Gasteiger partial charge in [-0.15, -0.1) is 0 Å². The molecule has 1 amide bonds. The van der Waals surface area contributed by atoms with Crippen LogP contribution < -0.4 is 5.48 Å². The summed E-state index contributed by atoms with van der Waals surface area (Å²) >= 11 is 1.57. The summed E-state index contributed by atoms with van der Waals surface area (Å²) in [5.74, 6) is 0.502. The second kappa shape index (κ2) is 8.33. The number of hydrogen-bond donors (Lipinski definition) is 2. The summed E-state index contributed by atoms with van der Waals surface area (Å²) in [6, 6.07) is 12.2. The molecule has 1 aliphatic rings. The average molecular weight is 396 g/mol. The Morgan fingerprint density at radius 3 is 2.26 bits per heavy atom. The molecule has 1 fully saturated rings. The van der Waals surface area contributed by atoms with Gasteiger partial charge in [0.15, 0.2) is 0 Å². The average Bonchev–Trinajstić information content (AvgIpc) is 2.68. The predicted octanol–water partition coefficient (Wildman–Crippen LogP) is 4.49. The molecular formula is C19H19F3N2O2S. The molecule has 2 aromatic rings. The molecule has 0 aliphatic carbocycles. The van der Waals surface area contributed by atoms with Gasteiger partial charge in [-0.2, -0.15) is 13.2 Å². The van der Waals surface area contributed by atoms with Crippen LogP contribution in [0.3, 0.4) is 0 Å². The van der Waals surface area contributed by atoms with Crippen LogP contribution in [0.25, 0.3) is 11.1 Å². The minimum absolute atomic E-state index is 0.386. The first-order valence-corrected chi connectivity index (χ1v) is 9.43. The molecule has 144 valence electrons. The lowest BCUT2D eigenvalue weighted by Gasteiger charge is -2.32. The Kier molecular flexibility index (Phi) is 6.08. The van der Waals surface area contributed by atoms with Gasteiger partial charge in [-0.05, 0) is 41.7 Å². The van der Waals surface area contributed by atoms with Crippen molar-refractivity contribution in [1.82, 2.24) is 9.79 Å². The van der Waals surface area contributed by atoms with Crippen LogP contribution in [-0.4, -0.2) is 27.2 Å². The van der Waals surface area contributed by atoms with E-state index >= 15 is 0 Å². The van der Waals surface area contributed by atoms with Crippen molar-refractivity contribution in [2.45, 2.75) is 31.6 Å². The van der Waals surface area contributed by atoms with Gasteiger partial charge in [0.1, 0.15) is 6.04 Å². The van der Waals surface area contributed by atoms with E-state index in [-0.39, 0.29) is 6.04 Å². The maximum atomic E-state index is 12.7. The number of carbonyl (C=O) groups is 1. The van der Waals surface area contributed by atoms with Crippen LogP contribution in [0.4, 0.5) is 13.2 Å². The fraction of sp³-hybridized carbons (Fsp3) is 0.316. The Morgan fingerprint density at radius 2 is 1.70 bits per heavy atom. The smallest absolute Gasteiger partial charge is 0.289 e. The molecule has 1 aliphatic heterocycles. The maximum Gasteiger partial charge on any atom is 0.416 e. The van der Waals surface area contributed by atoms with Crippen molar-refractivity contribution < 1.29 is 23.2 Å². The van der Waals surface area contributed by atoms with Crippen LogP contribution in [0.2, 0.25) is 0 Å². The number of nitrogens with zero attached hydrogens (tertiary/aromatic N) is 1. The molecule has 2 N–H and O–H groups in total. The van der Waals surface area contributed by atoms with Crippen LogP contribution in [0.1, 0.15) is 24.0 Å². The molecule has 1 atom stereocenters. The highest BCUT2D eigenvalue weighted by molar-refractivity contribution is 7.97. The van der Waals surface area contributed by atoms with E-state index in [4.69, 9.17) is 5.21 Å². The number of halogens is 3. The molecule has 0 aromatic heterocycles. The highest BCUT2D eigenvalue weighted by Gasteiger charge is 2.30. The van der Waals surface area contributed by atoms with Gasteiger partial charge in [0, 0.05) is 12.3 Å². The van der Waals surface area contributed by atoms with Crippen LogP contribution >= 0.6 is 11.9 Å². The van der Waals surface area contributed by atoms with Gasteiger partial charge in [-0.25, -0.2) is 9.79 Å². The standard InChI is InChI=1S/C19H19F3N2O2S/c20-19(21,22)16-9-7-15(8-10-16)14-5-3-13(4-6-14)12-24-17(18(25)23-26)2-1-11-27-24/h3-10,17,26H,1-2,11-12H2,(H,23,25)/t17-/m1/s1. The highest BCUT2D eigenvalue weighted by atomic mass is 32.2. The lowest BCUT2D eigenvalue weighted by atomic mass is 10.0. The number of alkyl halides is 3. The normalized spacial score (nSPS) is 18.3. The Balaban J connectivity index is 1.70. The molecule has 0 unspecified atom stereocenters. The highest BCUT2D eigenvalue weighted by Crippen LogP contribution is 2.32. The topological polar surface area (TPSA) is 52.6 Å². The summed E-state index contributed by atoms with van der Waals surface area (Å²) in [6.07, 6.45) is -2.75. The molecule has 4 nitrogen and oxygen atoms in total. The molecule has 27 heavy (non-hydrogen) atoms. The fourth-order valence-electron chi connectivity index (χ4n) is 3.02. The number of hydroxylamine groups is 1. The Bertz CT molecular complexity index is 779. The zero-order chi connectivity index (χ0) is 19.4. The third kappa shape index (κ3) is 4.82. The summed E-state index contributed by atoms with van der Waals surface area (Å²) < 4.78 is 39.9. The van der Waals surface area contributed by atoms with Gasteiger partial charge in [-0.1, -0.05) is 48.3 Å². The van der Waals surface area contributed by atoms with Crippen molar-refractivity contribution >= 4 is 17.9 Å². The van der Waals surface area contributed by atoms with E-state index in [1.54, 1.807) is 17.4 Å². The van der Waals surface area contributed by atoms with Gasteiger partial charge >= 0.3 is 6.18 Å². The van der Waals surface area contributed by atoms with Crippen molar-refractivity contribution in [1.29, 1.82) is 0 Å². The Hall–Kier alpha value is -2.03. The summed E-state index contributed by atoms with van der Waals surface area (Å²) in [6.45, 7) is 0.538. The number of rotatable bonds is 4. The van der Waals surface area contributed by atoms with Gasteiger partial charge in [0.05, 0.1) is 5.56 Å². The molecule has 0 radical (unpaired) electrons. The zero-order valence-corrected chi connectivity index (χ0v) is 15.2. The number of amides is 1. The largest absolute Gasteiger partial charge is 0.416 e. The van der Waals surface area contributed by atoms with Crippen LogP contribution in [-0.2, 0) is 17.5 Å². The van der Waals surface area contributed by atoms with E-state index in [9.17, 15) is 18.0 Å². The number of carbonyl (C=O) groups excluding carboxylic acids is 1. The van der Waals surface area contributed by atoms with Crippen molar-refractivity contribution in [2.24, 2.45) is 0 Å². The summed E-state index contributed by atoms with van der Waals surface area (Å²) in [5.41, 5.74) is 3.57. The van der Waals surface area contributed by atoms with Gasteiger partial charge in [-0.3, -0.25) is 10.0 Å². The summed E-state index contributed by atoms with van der Waals surface area (Å²) in [7, 11) is 0. The maximum absolute atomic E-state index is 12.7. The van der Waals surface area contributed by atoms with Crippen LogP contribution in [0.5, 0.6) is 0 Å². The molecular weight excluding hydrogens is 377 g/mol. The third-order valence-corrected chi connectivity index (χ3v) is 5.66. The van der Waals surface area contributed by atoms with E-state index in [1.807, 2.05) is 28.6 Å². The lowest BCUT2D eigenvalue weighted by molar-refractivity contribution is -0.137. The lowest BCUT2D eigenvalue weighted by Crippen LogP contribution is -2.44. The van der Waals surface area contributed by atoms with Gasteiger partial charge in [0.25, 0.3) is 5.91 Å². The molecule has 0 saturated carbocycles. The number of hydrogen-bond acceptors (Lipinski definition) is 4. The first kappa shape index (κ1) is 19.7. The summed E-state index contributed by atoms with van der Waals surface area (Å²) in [4.78, 5) is 11.8. The van der Waals surface area contributed by atoms with Crippen molar-refractivity contribution in [2.75, 3.05) is 5.75 Å². The second-order valence-corrected chi connectivity index (χ2v) is 7.45. The van der Waals surface area contributed by atoms with E-state index in [1.165, 1.54) is 12.1 Å². The SMILES string of the molecule is O=C(NO)[C@H]1CCCSN1Cc1ccc(-c2ccc(C(F)(F)F)cc2)cc1. The van der Waals surface area contributed by atoms with E-state index in [2.05, 4.69) is 0 Å². The molecule has 1 heterocycles. The molecule has 0 bridgehead atoms. The summed E-state index contributed by atoms with van der Waals surface area (Å²) in [5, 5.41) is 8.90. The van der Waals surface area contributed by atoms with Crippen molar-refractivity contribution in [3.05, 3.63) is 59.7 Å². The number of nitrogens with one attached hydrogen (secondary N) is 1. The van der Waals surface area contributed by atoms with E-state index < -0.39 is 17.6 Å². The fourth-order valence-corrected chi connectivity index (χ4v) is 4.17. The molecule has 2 aromatic carbocycles. The molecule has 1 saturated heterocycles. The van der Waals surface area contributed by atoms with E-state index in [0.717, 1.165) is 35.4 Å². The number of benzene rings is 2. The minimum atomic E-state index is -4.34.